The second kappa shape index (κ2) is 10.1. The Labute approximate surface area is 185 Å². The Morgan fingerprint density at radius 1 is 0.935 bits per heavy atom. The highest BCUT2D eigenvalue weighted by Gasteiger charge is 2.44. The molecule has 0 radical (unpaired) electrons. The largest absolute Gasteiger partial charge is 0.351 e. The first-order valence-electron chi connectivity index (χ1n) is 12.0. The maximum absolute atomic E-state index is 13.6. The number of amides is 2. The van der Waals surface area contributed by atoms with Crippen molar-refractivity contribution in [2.24, 2.45) is 5.92 Å². The number of nitrogens with zero attached hydrogens (tertiary/aromatic N) is 2. The van der Waals surface area contributed by atoms with Gasteiger partial charge in [-0.15, -0.1) is 0 Å². The van der Waals surface area contributed by atoms with Crippen LogP contribution in [0.5, 0.6) is 0 Å². The lowest BCUT2D eigenvalue weighted by atomic mass is 9.83. The van der Waals surface area contributed by atoms with Crippen molar-refractivity contribution < 1.29 is 19.1 Å². The molecule has 1 aromatic carbocycles. The van der Waals surface area contributed by atoms with E-state index in [2.05, 4.69) is 24.3 Å². The SMILES string of the molecule is CCOC(OCC)C1CCCN1C(=O)[C@@H]1CCCN1C(=O)[C@@H]1CCc2ccccc2C1. The summed E-state index contributed by atoms with van der Waals surface area (Å²) in [4.78, 5) is 30.9. The average Bonchev–Trinajstić information content (AvgIpc) is 3.47. The molecule has 0 N–H and O–H groups in total. The Morgan fingerprint density at radius 3 is 2.35 bits per heavy atom. The maximum atomic E-state index is 13.6. The fourth-order valence-corrected chi connectivity index (χ4v) is 5.57. The second-order valence-corrected chi connectivity index (χ2v) is 8.92. The van der Waals surface area contributed by atoms with E-state index in [0.29, 0.717) is 19.8 Å². The van der Waals surface area contributed by atoms with E-state index in [1.807, 2.05) is 23.6 Å². The van der Waals surface area contributed by atoms with E-state index >= 15 is 0 Å². The van der Waals surface area contributed by atoms with Gasteiger partial charge in [0.2, 0.25) is 11.8 Å². The Balaban J connectivity index is 1.45. The zero-order valence-corrected chi connectivity index (χ0v) is 18.9. The highest BCUT2D eigenvalue weighted by Crippen LogP contribution is 2.32. The van der Waals surface area contributed by atoms with Crippen molar-refractivity contribution in [3.63, 3.8) is 0 Å². The van der Waals surface area contributed by atoms with Crippen molar-refractivity contribution >= 4 is 11.8 Å². The summed E-state index contributed by atoms with van der Waals surface area (Å²) in [7, 11) is 0. The van der Waals surface area contributed by atoms with Gasteiger partial charge in [0.15, 0.2) is 6.29 Å². The van der Waals surface area contributed by atoms with Crippen molar-refractivity contribution in [3.8, 4) is 0 Å². The van der Waals surface area contributed by atoms with Gasteiger partial charge in [0.1, 0.15) is 6.04 Å². The van der Waals surface area contributed by atoms with Gasteiger partial charge in [-0.05, 0) is 69.9 Å². The lowest BCUT2D eigenvalue weighted by Crippen LogP contribution is -2.53. The molecule has 0 aromatic heterocycles. The van der Waals surface area contributed by atoms with Crippen molar-refractivity contribution in [1.29, 1.82) is 0 Å². The first-order valence-corrected chi connectivity index (χ1v) is 12.0. The number of hydrogen-bond donors (Lipinski definition) is 0. The Morgan fingerprint density at radius 2 is 1.61 bits per heavy atom. The minimum atomic E-state index is -0.387. The van der Waals surface area contributed by atoms with Gasteiger partial charge in [-0.1, -0.05) is 24.3 Å². The summed E-state index contributed by atoms with van der Waals surface area (Å²) < 4.78 is 11.6. The smallest absolute Gasteiger partial charge is 0.245 e. The van der Waals surface area contributed by atoms with Gasteiger partial charge in [0.05, 0.1) is 6.04 Å². The third-order valence-corrected chi connectivity index (χ3v) is 7.08. The summed E-state index contributed by atoms with van der Waals surface area (Å²) in [6.07, 6.45) is 5.70. The van der Waals surface area contributed by atoms with Crippen molar-refractivity contribution in [2.45, 2.75) is 77.2 Å². The monoisotopic (exact) mass is 428 g/mol. The van der Waals surface area contributed by atoms with Crippen LogP contribution in [0.3, 0.4) is 0 Å². The number of aryl methyl sites for hydroxylation is 1. The average molecular weight is 429 g/mol. The summed E-state index contributed by atoms with van der Waals surface area (Å²) in [5.41, 5.74) is 2.64. The van der Waals surface area contributed by atoms with E-state index in [0.717, 1.165) is 51.5 Å². The van der Waals surface area contributed by atoms with Crippen LogP contribution in [0.25, 0.3) is 0 Å². The molecule has 2 heterocycles. The standard InChI is InChI=1S/C25H36N2O4/c1-3-30-25(31-4-2)22-12-8-16-27(22)24(29)21-11-7-15-26(21)23(28)20-14-13-18-9-5-6-10-19(18)17-20/h5-6,9-10,20-22,25H,3-4,7-8,11-17H2,1-2H3/t20-,21+,22?/m1/s1. The van der Waals surface area contributed by atoms with Crippen LogP contribution in [0.4, 0.5) is 0 Å². The molecule has 3 atom stereocenters. The molecule has 1 unspecified atom stereocenters. The fraction of sp³-hybridized carbons (Fsp3) is 0.680. The molecule has 3 aliphatic rings. The predicted molar refractivity (Wildman–Crippen MR) is 118 cm³/mol. The van der Waals surface area contributed by atoms with Gasteiger partial charge < -0.3 is 19.3 Å². The summed E-state index contributed by atoms with van der Waals surface area (Å²) in [5.74, 6) is 0.221. The maximum Gasteiger partial charge on any atom is 0.245 e. The van der Waals surface area contributed by atoms with Crippen LogP contribution >= 0.6 is 0 Å². The van der Waals surface area contributed by atoms with Crippen LogP contribution in [-0.4, -0.2) is 66.3 Å². The van der Waals surface area contributed by atoms with Gasteiger partial charge in [-0.3, -0.25) is 9.59 Å². The third kappa shape index (κ3) is 4.65. The molecule has 2 fully saturated rings. The lowest BCUT2D eigenvalue weighted by molar-refractivity contribution is -0.177. The van der Waals surface area contributed by atoms with Crippen molar-refractivity contribution in [2.75, 3.05) is 26.3 Å². The third-order valence-electron chi connectivity index (χ3n) is 7.08. The molecule has 2 saturated heterocycles. The summed E-state index contributed by atoms with van der Waals surface area (Å²) in [6.45, 7) is 6.42. The number of carbonyl (C=O) groups is 2. The van der Waals surface area contributed by atoms with Gasteiger partial charge in [0.25, 0.3) is 0 Å². The minimum Gasteiger partial charge on any atom is -0.351 e. The molecule has 0 bridgehead atoms. The molecule has 170 valence electrons. The first-order chi connectivity index (χ1) is 15.1. The molecule has 4 rings (SSSR count). The summed E-state index contributed by atoms with van der Waals surface area (Å²) in [5, 5.41) is 0. The zero-order valence-electron chi connectivity index (χ0n) is 18.9. The molecular weight excluding hydrogens is 392 g/mol. The van der Waals surface area contributed by atoms with Crippen LogP contribution in [0.15, 0.2) is 24.3 Å². The van der Waals surface area contributed by atoms with E-state index in [9.17, 15) is 9.59 Å². The van der Waals surface area contributed by atoms with Crippen LogP contribution in [0, 0.1) is 5.92 Å². The topological polar surface area (TPSA) is 59.1 Å². The normalized spacial score (nSPS) is 25.8. The number of ether oxygens (including phenoxy) is 2. The number of rotatable bonds is 7. The summed E-state index contributed by atoms with van der Waals surface area (Å²) in [6, 6.07) is 8.02. The predicted octanol–water partition coefficient (Wildman–Crippen LogP) is 3.17. The number of likely N-dealkylation sites (tertiary alicyclic amines) is 2. The highest BCUT2D eigenvalue weighted by molar-refractivity contribution is 5.89. The molecule has 2 aliphatic heterocycles. The van der Waals surface area contributed by atoms with Gasteiger partial charge in [-0.2, -0.15) is 0 Å². The molecule has 0 saturated carbocycles. The number of carbonyl (C=O) groups excluding carboxylic acids is 2. The van der Waals surface area contributed by atoms with Crippen LogP contribution in [-0.2, 0) is 31.9 Å². The fourth-order valence-electron chi connectivity index (χ4n) is 5.57. The van der Waals surface area contributed by atoms with Gasteiger partial charge in [0, 0.05) is 32.2 Å². The van der Waals surface area contributed by atoms with E-state index < -0.39 is 0 Å². The molecular formula is C25H36N2O4. The molecule has 1 aromatic rings. The lowest BCUT2D eigenvalue weighted by Gasteiger charge is -2.36. The van der Waals surface area contributed by atoms with E-state index in [1.165, 1.54) is 11.1 Å². The number of benzene rings is 1. The second-order valence-electron chi connectivity index (χ2n) is 8.92. The van der Waals surface area contributed by atoms with E-state index in [1.54, 1.807) is 0 Å². The molecule has 6 nitrogen and oxygen atoms in total. The first kappa shape index (κ1) is 22.3. The Bertz CT molecular complexity index is 777. The van der Waals surface area contributed by atoms with Crippen LogP contribution < -0.4 is 0 Å². The van der Waals surface area contributed by atoms with Crippen molar-refractivity contribution in [1.82, 2.24) is 9.80 Å². The van der Waals surface area contributed by atoms with Gasteiger partial charge in [-0.25, -0.2) is 0 Å². The molecule has 31 heavy (non-hydrogen) atoms. The molecule has 0 spiro atoms. The number of fused-ring (bicyclic) bond motifs is 1. The van der Waals surface area contributed by atoms with E-state index in [-0.39, 0.29) is 36.1 Å². The highest BCUT2D eigenvalue weighted by atomic mass is 16.7. The summed E-state index contributed by atoms with van der Waals surface area (Å²) >= 11 is 0. The van der Waals surface area contributed by atoms with Crippen molar-refractivity contribution in [3.05, 3.63) is 35.4 Å². The molecule has 2 amide bonds. The number of hydrogen-bond acceptors (Lipinski definition) is 4. The molecule has 6 heteroatoms. The Hall–Kier alpha value is -1.92. The van der Waals surface area contributed by atoms with E-state index in [4.69, 9.17) is 9.47 Å². The van der Waals surface area contributed by atoms with Gasteiger partial charge >= 0.3 is 0 Å². The quantitative estimate of drug-likeness (QED) is 0.626. The molecule has 1 aliphatic carbocycles. The Kier molecular flexibility index (Phi) is 7.28. The van der Waals surface area contributed by atoms with Crippen LogP contribution in [0.2, 0.25) is 0 Å². The minimum absolute atomic E-state index is 0.0164. The zero-order chi connectivity index (χ0) is 21.8. The van der Waals surface area contributed by atoms with Crippen LogP contribution in [0.1, 0.15) is 57.1 Å².